The highest BCUT2D eigenvalue weighted by atomic mass is 33.1. The first kappa shape index (κ1) is 58.2. The molecule has 66 heavy (non-hydrogen) atoms. The Morgan fingerprint density at radius 3 is 1.27 bits per heavy atom. The minimum atomic E-state index is -1.37. The largest absolute Gasteiger partial charge is 0.480 e. The van der Waals surface area contributed by atoms with Crippen molar-refractivity contribution in [3.63, 3.8) is 0 Å². The molecule has 0 radical (unpaired) electrons. The highest BCUT2D eigenvalue weighted by Crippen LogP contribution is 2.29. The number of rotatable bonds is 32. The third-order valence-electron chi connectivity index (χ3n) is 8.18. The topological polar surface area (TPSA) is 428 Å². The quantitative estimate of drug-likeness (QED) is 0.0249. The maximum atomic E-state index is 13.2. The average Bonchev–Trinajstić information content (AvgIpc) is 3.28. The van der Waals surface area contributed by atoms with E-state index in [4.69, 9.17) is 41.4 Å². The molecule has 1 aromatic carbocycles. The first-order valence-electron chi connectivity index (χ1n) is 19.0. The van der Waals surface area contributed by atoms with E-state index >= 15 is 0 Å². The monoisotopic (exact) mass is 1010 g/mol. The van der Waals surface area contributed by atoms with Gasteiger partial charge in [0.15, 0.2) is 0 Å². The molecule has 0 saturated heterocycles. The van der Waals surface area contributed by atoms with Gasteiger partial charge < -0.3 is 73.3 Å². The van der Waals surface area contributed by atoms with Crippen molar-refractivity contribution < 1.29 is 87.4 Å². The lowest BCUT2D eigenvalue weighted by Gasteiger charge is -2.20. The molecule has 0 fully saturated rings. The molecule has 0 aliphatic carbocycles. The molecular weight excluding hydrogens is 961 g/mol. The van der Waals surface area contributed by atoms with E-state index in [1.54, 1.807) is 0 Å². The van der Waals surface area contributed by atoms with E-state index in [9.17, 15) is 57.5 Å². The number of ether oxygens (including phenoxy) is 2. The molecule has 0 heterocycles. The van der Waals surface area contributed by atoms with Crippen molar-refractivity contribution in [2.45, 2.75) is 60.4 Å². The minimum Gasteiger partial charge on any atom is -0.480 e. The summed E-state index contributed by atoms with van der Waals surface area (Å²) in [6, 6.07) is -0.0452. The van der Waals surface area contributed by atoms with E-state index in [2.05, 4.69) is 31.9 Å². The fourth-order valence-corrected chi connectivity index (χ4v) is 9.66. The van der Waals surface area contributed by atoms with Crippen LogP contribution in [-0.2, 0) is 57.4 Å². The fraction of sp³-hybridized carbons (Fsp3) is 0.500. The predicted octanol–water partition coefficient (Wildman–Crippen LogP) is -3.25. The summed E-state index contributed by atoms with van der Waals surface area (Å²) in [7, 11) is 5.64. The Kier molecular flexibility index (Phi) is 27.5. The summed E-state index contributed by atoms with van der Waals surface area (Å²) in [5.74, 6) is -12.2. The standard InChI is InChI=1S/C36H50N8O18S4/c1-61-35(59)23(65-63-15-21(31(53)41-13-27(47)48)43-25(45)8-6-19(37)33(55)56)11-39-29(51)17-4-3-5-18(10-17)30(52)40-12-24(36(60)62-2)66-64-16-22(32(54)42-14-28(49)50)44-26(46)9-7-20(38)34(57)58/h3-5,10,19-24H,6-9,11-16,37-38H2,1-2H3,(H,39,51)(H,40,52)(H,41,53)(H,42,54)(H,43,45)(H,44,46)(H,47,48)(H,49,50)(H,55,56)(H,57,58). The number of carbonyl (C=O) groups is 12. The van der Waals surface area contributed by atoms with Gasteiger partial charge in [-0.1, -0.05) is 49.2 Å². The highest BCUT2D eigenvalue weighted by Gasteiger charge is 2.28. The Bertz CT molecular complexity index is 1800. The zero-order chi connectivity index (χ0) is 49.9. The van der Waals surface area contributed by atoms with Crippen molar-refractivity contribution in [3.05, 3.63) is 35.4 Å². The molecule has 30 heteroatoms. The number of nitrogens with two attached hydrogens (primary N) is 2. The van der Waals surface area contributed by atoms with Crippen LogP contribution in [-0.4, -0.2) is 178 Å². The molecule has 6 amide bonds. The SMILES string of the molecule is COC(=O)C(CNC(=O)c1cccc(C(=O)NCC(SSCC(NC(=O)CCC(N)C(=O)O)C(=O)NCC(=O)O)C(=O)OC)c1)SSCC(NC(=O)CCC(N)C(=O)O)C(=O)NCC(=O)O. The van der Waals surface area contributed by atoms with Crippen LogP contribution in [0.2, 0.25) is 0 Å². The number of amides is 6. The van der Waals surface area contributed by atoms with Gasteiger partial charge >= 0.3 is 35.8 Å². The Hall–Kier alpha value is -5.82. The second-order valence-electron chi connectivity index (χ2n) is 13.2. The van der Waals surface area contributed by atoms with Crippen LogP contribution in [0.5, 0.6) is 0 Å². The second-order valence-corrected chi connectivity index (χ2v) is 18.4. The molecular formula is C36H50N8O18S4. The maximum absolute atomic E-state index is 13.2. The van der Waals surface area contributed by atoms with Gasteiger partial charge in [0.05, 0.1) is 14.2 Å². The van der Waals surface area contributed by atoms with Gasteiger partial charge in [0, 0.05) is 48.6 Å². The van der Waals surface area contributed by atoms with E-state index in [1.807, 2.05) is 0 Å². The van der Waals surface area contributed by atoms with E-state index in [0.717, 1.165) is 57.4 Å². The number of esters is 2. The van der Waals surface area contributed by atoms with Gasteiger partial charge in [-0.3, -0.25) is 57.5 Å². The zero-order valence-electron chi connectivity index (χ0n) is 35.1. The van der Waals surface area contributed by atoms with Crippen LogP contribution in [0.15, 0.2) is 24.3 Å². The first-order chi connectivity index (χ1) is 31.1. The Morgan fingerprint density at radius 1 is 0.591 bits per heavy atom. The van der Waals surface area contributed by atoms with Gasteiger partial charge in [-0.25, -0.2) is 0 Å². The Balaban J connectivity index is 2.95. The molecule has 6 unspecified atom stereocenters. The lowest BCUT2D eigenvalue weighted by molar-refractivity contribution is -0.140. The number of hydrogen-bond donors (Lipinski definition) is 12. The minimum absolute atomic E-state index is 0.0296. The van der Waals surface area contributed by atoms with Crippen LogP contribution in [0.4, 0.5) is 0 Å². The second kappa shape index (κ2) is 31.2. The van der Waals surface area contributed by atoms with E-state index in [1.165, 1.54) is 24.3 Å². The van der Waals surface area contributed by atoms with Crippen molar-refractivity contribution >= 4 is 114 Å². The molecule has 0 aromatic heterocycles. The van der Waals surface area contributed by atoms with Gasteiger partial charge in [-0.05, 0) is 31.0 Å². The predicted molar refractivity (Wildman–Crippen MR) is 238 cm³/mol. The van der Waals surface area contributed by atoms with Crippen molar-refractivity contribution in [1.82, 2.24) is 31.9 Å². The normalized spacial score (nSPS) is 13.4. The molecule has 1 rings (SSSR count). The summed E-state index contributed by atoms with van der Waals surface area (Å²) in [4.78, 5) is 146. The van der Waals surface area contributed by atoms with Gasteiger partial charge in [0.25, 0.3) is 11.8 Å². The zero-order valence-corrected chi connectivity index (χ0v) is 38.4. The smallest absolute Gasteiger partial charge is 0.322 e. The van der Waals surface area contributed by atoms with E-state index < -0.39 is 119 Å². The van der Waals surface area contributed by atoms with Crippen LogP contribution < -0.4 is 43.4 Å². The summed E-state index contributed by atoms with van der Waals surface area (Å²) < 4.78 is 9.64. The van der Waals surface area contributed by atoms with Gasteiger partial charge in [0.1, 0.15) is 47.8 Å². The Morgan fingerprint density at radius 2 is 0.955 bits per heavy atom. The number of carboxylic acid groups (broad SMARTS) is 4. The number of benzene rings is 1. The summed E-state index contributed by atoms with van der Waals surface area (Å²) in [5, 5.41) is 47.6. The summed E-state index contributed by atoms with van der Waals surface area (Å²) in [6.45, 7) is -2.23. The van der Waals surface area contributed by atoms with Crippen molar-refractivity contribution in [3.8, 4) is 0 Å². The van der Waals surface area contributed by atoms with Crippen LogP contribution in [0, 0.1) is 0 Å². The number of methoxy groups -OCH3 is 2. The van der Waals surface area contributed by atoms with Crippen LogP contribution in [0.25, 0.3) is 0 Å². The molecule has 366 valence electrons. The molecule has 14 N–H and O–H groups in total. The van der Waals surface area contributed by atoms with Gasteiger partial charge in [-0.2, -0.15) is 0 Å². The van der Waals surface area contributed by atoms with Crippen molar-refractivity contribution in [2.75, 3.05) is 51.9 Å². The first-order valence-corrected chi connectivity index (χ1v) is 23.8. The number of nitrogens with one attached hydrogen (secondary N) is 6. The number of aliphatic carboxylic acids is 4. The molecule has 1 aromatic rings. The molecule has 6 atom stereocenters. The molecule has 0 aliphatic heterocycles. The van der Waals surface area contributed by atoms with Crippen LogP contribution in [0.3, 0.4) is 0 Å². The van der Waals surface area contributed by atoms with E-state index in [-0.39, 0.29) is 61.4 Å². The molecule has 0 saturated carbocycles. The van der Waals surface area contributed by atoms with Crippen LogP contribution >= 0.6 is 43.2 Å². The van der Waals surface area contributed by atoms with Crippen molar-refractivity contribution in [2.24, 2.45) is 11.5 Å². The third-order valence-corrected chi connectivity index (χ3v) is 13.6. The lowest BCUT2D eigenvalue weighted by atomic mass is 10.1. The summed E-state index contributed by atoms with van der Waals surface area (Å²) in [5.41, 5.74) is 10.8. The maximum Gasteiger partial charge on any atom is 0.322 e. The Labute approximate surface area is 391 Å². The lowest BCUT2D eigenvalue weighted by Crippen LogP contribution is -2.49. The number of carboxylic acids is 4. The van der Waals surface area contributed by atoms with Crippen molar-refractivity contribution in [1.29, 1.82) is 0 Å². The summed E-state index contributed by atoms with van der Waals surface area (Å²) >= 11 is 0. The fourth-order valence-electron chi connectivity index (χ4n) is 4.62. The number of carbonyl (C=O) groups excluding carboxylic acids is 8. The molecule has 0 bridgehead atoms. The molecule has 26 nitrogen and oxygen atoms in total. The van der Waals surface area contributed by atoms with Gasteiger partial charge in [-0.15, -0.1) is 0 Å². The van der Waals surface area contributed by atoms with Gasteiger partial charge in [0.2, 0.25) is 23.6 Å². The molecule has 0 spiro atoms. The average molecular weight is 1010 g/mol. The highest BCUT2D eigenvalue weighted by molar-refractivity contribution is 8.77. The molecule has 0 aliphatic rings. The van der Waals surface area contributed by atoms with Crippen LogP contribution in [0.1, 0.15) is 46.4 Å². The van der Waals surface area contributed by atoms with E-state index in [0.29, 0.717) is 0 Å². The third kappa shape index (κ3) is 23.4. The summed E-state index contributed by atoms with van der Waals surface area (Å²) in [6.07, 6.45) is -1.26. The number of hydrogen-bond acceptors (Lipinski definition) is 20.